The van der Waals surface area contributed by atoms with Crippen LogP contribution in [0.1, 0.15) is 31.2 Å². The first-order valence-electron chi connectivity index (χ1n) is 6.53. The SMILES string of the molecule is CN1CCC2(c3ccccc3)CCC(C1)C2. The zero-order valence-electron chi connectivity index (χ0n) is 10.2. The van der Waals surface area contributed by atoms with Crippen molar-refractivity contribution in [3.05, 3.63) is 35.9 Å². The first kappa shape index (κ1) is 10.3. The molecule has 2 aliphatic rings. The highest BCUT2D eigenvalue weighted by molar-refractivity contribution is 5.27. The Morgan fingerprint density at radius 1 is 1.19 bits per heavy atom. The second-order valence-corrected chi connectivity index (χ2v) is 5.77. The Hall–Kier alpha value is -0.820. The number of rotatable bonds is 1. The normalized spacial score (nSPS) is 34.9. The maximum Gasteiger partial charge on any atom is 0.000694 e. The van der Waals surface area contributed by atoms with Crippen molar-refractivity contribution in [3.63, 3.8) is 0 Å². The van der Waals surface area contributed by atoms with Crippen LogP contribution in [0.2, 0.25) is 0 Å². The Bertz CT molecular complexity index is 359. The van der Waals surface area contributed by atoms with E-state index in [9.17, 15) is 0 Å². The number of likely N-dealkylation sites (tertiary alicyclic amines) is 1. The highest BCUT2D eigenvalue weighted by atomic mass is 15.1. The molecule has 1 aromatic rings. The number of nitrogens with zero attached hydrogens (tertiary/aromatic N) is 1. The summed E-state index contributed by atoms with van der Waals surface area (Å²) in [4.78, 5) is 2.52. The van der Waals surface area contributed by atoms with Crippen LogP contribution in [-0.4, -0.2) is 25.0 Å². The summed E-state index contributed by atoms with van der Waals surface area (Å²) in [6.07, 6.45) is 5.61. The molecule has 0 radical (unpaired) electrons. The molecule has 2 unspecified atom stereocenters. The van der Waals surface area contributed by atoms with Gasteiger partial charge in [-0.15, -0.1) is 0 Å². The predicted octanol–water partition coefficient (Wildman–Crippen LogP) is 3.06. The van der Waals surface area contributed by atoms with Crippen LogP contribution in [0.3, 0.4) is 0 Å². The molecule has 1 aliphatic carbocycles. The molecule has 1 heterocycles. The first-order chi connectivity index (χ1) is 7.78. The minimum atomic E-state index is 0.511. The molecule has 1 saturated carbocycles. The van der Waals surface area contributed by atoms with Crippen molar-refractivity contribution >= 4 is 0 Å². The lowest BCUT2D eigenvalue weighted by Crippen LogP contribution is -2.28. The summed E-state index contributed by atoms with van der Waals surface area (Å²) in [7, 11) is 2.28. The number of benzene rings is 1. The summed E-state index contributed by atoms with van der Waals surface area (Å²) in [5.74, 6) is 0.938. The smallest absolute Gasteiger partial charge is 0.000694 e. The van der Waals surface area contributed by atoms with Gasteiger partial charge in [0, 0.05) is 6.54 Å². The van der Waals surface area contributed by atoms with Crippen molar-refractivity contribution in [3.8, 4) is 0 Å². The molecule has 0 aromatic heterocycles. The Labute approximate surface area is 98.5 Å². The van der Waals surface area contributed by atoms with Crippen molar-refractivity contribution < 1.29 is 0 Å². The van der Waals surface area contributed by atoms with E-state index in [0.29, 0.717) is 5.41 Å². The molecule has 1 aromatic carbocycles. The third-order valence-electron chi connectivity index (χ3n) is 4.64. The number of fused-ring (bicyclic) bond motifs is 2. The fourth-order valence-electron chi connectivity index (χ4n) is 3.76. The predicted molar refractivity (Wildman–Crippen MR) is 67.6 cm³/mol. The quantitative estimate of drug-likeness (QED) is 0.696. The molecule has 0 N–H and O–H groups in total. The van der Waals surface area contributed by atoms with Crippen LogP contribution in [0.25, 0.3) is 0 Å². The van der Waals surface area contributed by atoms with Gasteiger partial charge in [-0.05, 0) is 56.2 Å². The van der Waals surface area contributed by atoms with Gasteiger partial charge in [-0.25, -0.2) is 0 Å². The van der Waals surface area contributed by atoms with Crippen molar-refractivity contribution in [2.24, 2.45) is 5.92 Å². The zero-order chi connectivity index (χ0) is 11.0. The van der Waals surface area contributed by atoms with E-state index in [-0.39, 0.29) is 0 Å². The maximum absolute atomic E-state index is 2.52. The Morgan fingerprint density at radius 3 is 2.81 bits per heavy atom. The summed E-state index contributed by atoms with van der Waals surface area (Å²) in [5.41, 5.74) is 2.10. The lowest BCUT2D eigenvalue weighted by molar-refractivity contribution is 0.278. The minimum Gasteiger partial charge on any atom is -0.306 e. The Balaban J connectivity index is 1.93. The molecular weight excluding hydrogens is 194 g/mol. The second kappa shape index (κ2) is 3.89. The van der Waals surface area contributed by atoms with Crippen molar-refractivity contribution in [2.75, 3.05) is 20.1 Å². The summed E-state index contributed by atoms with van der Waals surface area (Å²) in [6.45, 7) is 2.58. The molecule has 1 aliphatic heterocycles. The lowest BCUT2D eigenvalue weighted by atomic mass is 9.76. The summed E-state index contributed by atoms with van der Waals surface area (Å²) in [6, 6.07) is 11.2. The van der Waals surface area contributed by atoms with E-state index in [1.807, 2.05) is 0 Å². The van der Waals surface area contributed by atoms with Gasteiger partial charge in [0.15, 0.2) is 0 Å². The van der Waals surface area contributed by atoms with Crippen molar-refractivity contribution in [1.82, 2.24) is 4.90 Å². The highest BCUT2D eigenvalue weighted by Gasteiger charge is 2.42. The van der Waals surface area contributed by atoms with E-state index in [1.165, 1.54) is 38.8 Å². The second-order valence-electron chi connectivity index (χ2n) is 5.77. The molecular formula is C15H21N. The summed E-state index contributed by atoms with van der Waals surface area (Å²) < 4.78 is 0. The topological polar surface area (TPSA) is 3.24 Å². The molecule has 2 fully saturated rings. The summed E-state index contributed by atoms with van der Waals surface area (Å²) >= 11 is 0. The average Bonchev–Trinajstić information content (AvgIpc) is 2.63. The van der Waals surface area contributed by atoms with E-state index in [2.05, 4.69) is 42.3 Å². The highest BCUT2D eigenvalue weighted by Crippen LogP contribution is 2.48. The maximum atomic E-state index is 2.52. The fourth-order valence-corrected chi connectivity index (χ4v) is 3.76. The third kappa shape index (κ3) is 1.67. The number of hydrogen-bond acceptors (Lipinski definition) is 1. The van der Waals surface area contributed by atoms with E-state index in [1.54, 1.807) is 5.56 Å². The minimum absolute atomic E-state index is 0.511. The van der Waals surface area contributed by atoms with Crippen LogP contribution in [0.5, 0.6) is 0 Å². The van der Waals surface area contributed by atoms with Crippen LogP contribution >= 0.6 is 0 Å². The standard InChI is InChI=1S/C15H21N/c1-16-10-9-15(8-7-13(11-15)12-16)14-5-3-2-4-6-14/h2-6,13H,7-12H2,1H3. The van der Waals surface area contributed by atoms with Crippen LogP contribution in [0.4, 0.5) is 0 Å². The molecule has 0 spiro atoms. The molecule has 3 rings (SSSR count). The van der Waals surface area contributed by atoms with Crippen molar-refractivity contribution in [2.45, 2.75) is 31.1 Å². The fraction of sp³-hybridized carbons (Fsp3) is 0.600. The van der Waals surface area contributed by atoms with Crippen LogP contribution in [-0.2, 0) is 5.41 Å². The van der Waals surface area contributed by atoms with Crippen molar-refractivity contribution in [1.29, 1.82) is 0 Å². The van der Waals surface area contributed by atoms with Gasteiger partial charge in [-0.2, -0.15) is 0 Å². The van der Waals surface area contributed by atoms with Crippen LogP contribution in [0.15, 0.2) is 30.3 Å². The molecule has 0 amide bonds. The van der Waals surface area contributed by atoms with Gasteiger partial charge >= 0.3 is 0 Å². The lowest BCUT2D eigenvalue weighted by Gasteiger charge is -2.30. The van der Waals surface area contributed by atoms with Gasteiger partial charge in [0.1, 0.15) is 0 Å². The van der Waals surface area contributed by atoms with Gasteiger partial charge < -0.3 is 4.90 Å². The van der Waals surface area contributed by atoms with E-state index < -0.39 is 0 Å². The molecule has 16 heavy (non-hydrogen) atoms. The van der Waals surface area contributed by atoms with Gasteiger partial charge in [-0.3, -0.25) is 0 Å². The largest absolute Gasteiger partial charge is 0.306 e. The molecule has 1 nitrogen and oxygen atoms in total. The molecule has 2 atom stereocenters. The van der Waals surface area contributed by atoms with Crippen LogP contribution in [0, 0.1) is 5.92 Å². The first-order valence-corrected chi connectivity index (χ1v) is 6.53. The van der Waals surface area contributed by atoms with Gasteiger partial charge in [0.2, 0.25) is 0 Å². The molecule has 1 heteroatoms. The monoisotopic (exact) mass is 215 g/mol. The molecule has 1 saturated heterocycles. The Kier molecular flexibility index (Phi) is 2.51. The van der Waals surface area contributed by atoms with Gasteiger partial charge in [0.05, 0.1) is 0 Å². The zero-order valence-corrected chi connectivity index (χ0v) is 10.2. The molecule has 2 bridgehead atoms. The Morgan fingerprint density at radius 2 is 2.00 bits per heavy atom. The van der Waals surface area contributed by atoms with E-state index in [0.717, 1.165) is 5.92 Å². The molecule has 86 valence electrons. The third-order valence-corrected chi connectivity index (χ3v) is 4.64. The van der Waals surface area contributed by atoms with Gasteiger partial charge in [-0.1, -0.05) is 30.3 Å². The summed E-state index contributed by atoms with van der Waals surface area (Å²) in [5, 5.41) is 0. The van der Waals surface area contributed by atoms with Crippen LogP contribution < -0.4 is 0 Å². The van der Waals surface area contributed by atoms with E-state index >= 15 is 0 Å². The van der Waals surface area contributed by atoms with Gasteiger partial charge in [0.25, 0.3) is 0 Å². The number of hydrogen-bond donors (Lipinski definition) is 0. The van der Waals surface area contributed by atoms with E-state index in [4.69, 9.17) is 0 Å². The average molecular weight is 215 g/mol.